The second kappa shape index (κ2) is 5.29. The lowest BCUT2D eigenvalue weighted by Gasteiger charge is -1.90. The minimum atomic E-state index is -0.0974. The van der Waals surface area contributed by atoms with Gasteiger partial charge in [-0.2, -0.15) is 11.3 Å². The van der Waals surface area contributed by atoms with E-state index in [1.807, 2.05) is 22.7 Å². The highest BCUT2D eigenvalue weighted by Gasteiger charge is 2.04. The molecule has 0 fully saturated rings. The highest BCUT2D eigenvalue weighted by atomic mass is 79.9. The van der Waals surface area contributed by atoms with Crippen molar-refractivity contribution in [2.75, 3.05) is 0 Å². The zero-order valence-corrected chi connectivity index (χ0v) is 13.5. The molecule has 0 saturated heterocycles. The predicted molar refractivity (Wildman–Crippen MR) is 74.5 cm³/mol. The summed E-state index contributed by atoms with van der Waals surface area (Å²) < 4.78 is 4.09. The molecule has 2 aromatic heterocycles. The van der Waals surface area contributed by atoms with Crippen molar-refractivity contribution in [1.29, 1.82) is 0 Å². The van der Waals surface area contributed by atoms with Gasteiger partial charge in [0, 0.05) is 0 Å². The molecule has 0 nitrogen and oxygen atoms in total. The number of thiophene rings is 2. The Morgan fingerprint density at radius 2 is 1.71 bits per heavy atom. The molecule has 0 amide bonds. The molecule has 2 rings (SSSR count). The van der Waals surface area contributed by atoms with E-state index in [2.05, 4.69) is 56.1 Å². The van der Waals surface area contributed by atoms with Crippen LogP contribution < -0.4 is 3.74 Å². The standard InChI is InChI=1S/C5H4BrS.C4H2BrS.Al.H/c1-4-2-3-5(6)7-4;5-4-2-1-3-6-4;;/h2-3H,1H2;1-2H;;. The van der Waals surface area contributed by atoms with Gasteiger partial charge in [-0.25, -0.2) is 0 Å². The fourth-order valence-corrected chi connectivity index (χ4v) is 7.25. The summed E-state index contributed by atoms with van der Waals surface area (Å²) in [6.45, 7) is 0. The van der Waals surface area contributed by atoms with Crippen molar-refractivity contribution >= 4 is 73.5 Å². The van der Waals surface area contributed by atoms with E-state index in [9.17, 15) is 0 Å². The van der Waals surface area contributed by atoms with E-state index in [4.69, 9.17) is 0 Å². The maximum absolute atomic E-state index is 3.50. The fraction of sp³-hybridized carbons (Fsp3) is 0.111. The van der Waals surface area contributed by atoms with E-state index in [1.165, 1.54) is 17.7 Å². The molecule has 0 radical (unpaired) electrons. The summed E-state index contributed by atoms with van der Waals surface area (Å²) in [6, 6.07) is 8.77. The van der Waals surface area contributed by atoms with E-state index in [0.29, 0.717) is 0 Å². The van der Waals surface area contributed by atoms with Crippen molar-refractivity contribution in [1.82, 2.24) is 0 Å². The van der Waals surface area contributed by atoms with Crippen LogP contribution in [0.4, 0.5) is 0 Å². The molecule has 2 aromatic rings. The first-order valence-corrected chi connectivity index (χ1v) is 9.15. The van der Waals surface area contributed by atoms with Gasteiger partial charge >= 0.3 is 15.2 Å². The summed E-state index contributed by atoms with van der Waals surface area (Å²) in [4.78, 5) is 1.51. The Balaban J connectivity index is 1.94. The molecule has 0 spiro atoms. The smallest absolute Gasteiger partial charge is 0.152 e. The molecular weight excluding hydrogens is 359 g/mol. The lowest BCUT2D eigenvalue weighted by Crippen LogP contribution is -2.10. The van der Waals surface area contributed by atoms with Crippen molar-refractivity contribution in [3.05, 3.63) is 36.7 Å². The van der Waals surface area contributed by atoms with Gasteiger partial charge in [0.25, 0.3) is 0 Å². The van der Waals surface area contributed by atoms with Crippen molar-refractivity contribution in [2.45, 2.75) is 5.28 Å². The average molecular weight is 366 g/mol. The van der Waals surface area contributed by atoms with E-state index in [-0.39, 0.29) is 15.2 Å². The van der Waals surface area contributed by atoms with Crippen LogP contribution in [0.3, 0.4) is 0 Å². The topological polar surface area (TPSA) is 0 Å². The fourth-order valence-electron chi connectivity index (χ4n) is 1.22. The molecule has 0 N–H and O–H groups in total. The average Bonchev–Trinajstić information content (AvgIpc) is 2.72. The third-order valence-corrected chi connectivity index (χ3v) is 7.96. The Hall–Kier alpha value is 0.892. The van der Waals surface area contributed by atoms with Gasteiger partial charge in [-0.15, -0.1) is 11.3 Å². The molecule has 0 unspecified atom stereocenters. The monoisotopic (exact) mass is 364 g/mol. The van der Waals surface area contributed by atoms with Crippen LogP contribution in [-0.2, 0) is 5.28 Å². The number of rotatable bonds is 3. The molecule has 0 aliphatic rings. The number of halogens is 2. The van der Waals surface area contributed by atoms with Gasteiger partial charge in [0.05, 0.1) is 7.57 Å². The summed E-state index contributed by atoms with van der Waals surface area (Å²) in [7, 11) is 0. The third kappa shape index (κ3) is 3.19. The Morgan fingerprint density at radius 3 is 2.29 bits per heavy atom. The Morgan fingerprint density at radius 1 is 1.00 bits per heavy atom. The van der Waals surface area contributed by atoms with Crippen LogP contribution >= 0.6 is 54.5 Å². The van der Waals surface area contributed by atoms with Gasteiger partial charge in [0.2, 0.25) is 0 Å². The highest BCUT2D eigenvalue weighted by molar-refractivity contribution is 9.11. The zero-order chi connectivity index (χ0) is 9.97. The summed E-state index contributed by atoms with van der Waals surface area (Å²) in [5.74, 6) is 0. The van der Waals surface area contributed by atoms with Crippen LogP contribution in [0.25, 0.3) is 0 Å². The van der Waals surface area contributed by atoms with Crippen molar-refractivity contribution in [3.63, 3.8) is 0 Å². The van der Waals surface area contributed by atoms with E-state index < -0.39 is 0 Å². The first kappa shape index (κ1) is 11.4. The molecule has 0 atom stereocenters. The minimum absolute atomic E-state index is 0.0974. The molecule has 0 saturated carbocycles. The van der Waals surface area contributed by atoms with Gasteiger partial charge in [-0.1, -0.05) is 15.1 Å². The Kier molecular flexibility index (Phi) is 4.30. The molecule has 0 aromatic carbocycles. The molecule has 72 valence electrons. The van der Waals surface area contributed by atoms with Gasteiger partial charge in [-0.05, 0) is 54.9 Å². The van der Waals surface area contributed by atoms with Crippen molar-refractivity contribution in [3.8, 4) is 0 Å². The van der Waals surface area contributed by atoms with Crippen molar-refractivity contribution < 1.29 is 0 Å². The molecular formula is C9H7AlBr2S2. The highest BCUT2D eigenvalue weighted by Crippen LogP contribution is 2.22. The van der Waals surface area contributed by atoms with Crippen LogP contribution in [-0.4, -0.2) is 15.2 Å². The van der Waals surface area contributed by atoms with Crippen LogP contribution in [0.1, 0.15) is 4.88 Å². The van der Waals surface area contributed by atoms with Crippen LogP contribution in [0.2, 0.25) is 0 Å². The Bertz CT molecular complexity index is 382. The minimum Gasteiger partial charge on any atom is -0.152 e. The quantitative estimate of drug-likeness (QED) is 0.729. The van der Waals surface area contributed by atoms with E-state index >= 15 is 0 Å². The predicted octanol–water partition coefficient (Wildman–Crippen LogP) is 3.60. The van der Waals surface area contributed by atoms with Gasteiger partial charge in [0.15, 0.2) is 0 Å². The maximum Gasteiger partial charge on any atom is 0.304 e. The summed E-state index contributed by atoms with van der Waals surface area (Å²) in [6.07, 6.45) is 0. The Labute approximate surface area is 114 Å². The number of hydrogen-bond donors (Lipinski definition) is 0. The molecule has 0 bridgehead atoms. The summed E-state index contributed by atoms with van der Waals surface area (Å²) in [5, 5.41) is 1.28. The van der Waals surface area contributed by atoms with Crippen LogP contribution in [0, 0.1) is 0 Å². The second-order valence-corrected chi connectivity index (χ2v) is 10.3. The molecule has 5 heteroatoms. The first-order chi connectivity index (χ1) is 6.74. The molecule has 0 aliphatic carbocycles. The largest absolute Gasteiger partial charge is 0.304 e. The van der Waals surface area contributed by atoms with Gasteiger partial charge < -0.3 is 0 Å². The normalized spacial score (nSPS) is 10.4. The van der Waals surface area contributed by atoms with E-state index in [1.54, 1.807) is 3.74 Å². The van der Waals surface area contributed by atoms with Crippen LogP contribution in [0.15, 0.2) is 31.8 Å². The SMILES string of the molecule is Brc1ccc([CH2][AlH][c]2ccc(Br)s2)s1. The first-order valence-electron chi connectivity index (χ1n) is 4.22. The van der Waals surface area contributed by atoms with E-state index in [0.717, 1.165) is 0 Å². The van der Waals surface area contributed by atoms with Crippen molar-refractivity contribution in [2.24, 2.45) is 0 Å². The third-order valence-electron chi connectivity index (χ3n) is 1.88. The summed E-state index contributed by atoms with van der Waals surface area (Å²) >= 11 is 10.6. The molecule has 0 aliphatic heterocycles. The number of hydrogen-bond acceptors (Lipinski definition) is 2. The lowest BCUT2D eigenvalue weighted by molar-refractivity contribution is 1.51. The van der Waals surface area contributed by atoms with Gasteiger partial charge in [-0.3, -0.25) is 0 Å². The van der Waals surface area contributed by atoms with Crippen LogP contribution in [0.5, 0.6) is 0 Å². The molecule has 14 heavy (non-hydrogen) atoms. The zero-order valence-electron chi connectivity index (χ0n) is 7.30. The summed E-state index contributed by atoms with van der Waals surface area (Å²) in [5.41, 5.74) is 0. The maximum atomic E-state index is 3.50. The van der Waals surface area contributed by atoms with Gasteiger partial charge in [0.1, 0.15) is 0 Å². The second-order valence-electron chi connectivity index (χ2n) is 2.91. The molecule has 2 heterocycles. The lowest BCUT2D eigenvalue weighted by atomic mass is 10.5.